The Morgan fingerprint density at radius 3 is 3.00 bits per heavy atom. The Kier molecular flexibility index (Phi) is 3.16. The molecule has 0 bridgehead atoms. The molecule has 1 aromatic rings. The molecule has 0 unspecified atom stereocenters. The molecular formula is C10H17N3O. The second kappa shape index (κ2) is 4.57. The predicted octanol–water partition coefficient (Wildman–Crippen LogP) is 1.68. The normalized spacial score (nSPS) is 17.8. The molecule has 0 aromatic carbocycles. The van der Waals surface area contributed by atoms with Crippen molar-refractivity contribution in [1.29, 1.82) is 0 Å². The lowest BCUT2D eigenvalue weighted by Crippen LogP contribution is -2.21. The molecule has 0 aliphatic heterocycles. The number of hydroxylamine groups is 1. The van der Waals surface area contributed by atoms with Gasteiger partial charge in [-0.05, 0) is 19.8 Å². The third kappa shape index (κ3) is 2.33. The van der Waals surface area contributed by atoms with Gasteiger partial charge in [0.2, 0.25) is 0 Å². The van der Waals surface area contributed by atoms with Crippen LogP contribution in [0.15, 0.2) is 6.20 Å². The van der Waals surface area contributed by atoms with Gasteiger partial charge >= 0.3 is 0 Å². The smallest absolute Gasteiger partial charge is 0.0790 e. The van der Waals surface area contributed by atoms with Crippen LogP contribution in [0.3, 0.4) is 0 Å². The molecule has 0 saturated heterocycles. The van der Waals surface area contributed by atoms with E-state index in [2.05, 4.69) is 15.7 Å². The van der Waals surface area contributed by atoms with Gasteiger partial charge in [-0.15, -0.1) is 0 Å². The predicted molar refractivity (Wildman–Crippen MR) is 53.5 cm³/mol. The summed E-state index contributed by atoms with van der Waals surface area (Å²) < 4.78 is 0. The molecule has 1 heterocycles. The molecule has 4 heteroatoms. The Bertz CT molecular complexity index is 279. The molecule has 14 heavy (non-hydrogen) atoms. The zero-order valence-electron chi connectivity index (χ0n) is 8.55. The lowest BCUT2D eigenvalue weighted by Gasteiger charge is -2.10. The number of rotatable bonds is 4. The van der Waals surface area contributed by atoms with Crippen LogP contribution >= 0.6 is 0 Å². The zero-order valence-corrected chi connectivity index (χ0v) is 8.55. The van der Waals surface area contributed by atoms with Crippen molar-refractivity contribution in [3.05, 3.63) is 17.5 Å². The van der Waals surface area contributed by atoms with Crippen molar-refractivity contribution in [2.75, 3.05) is 0 Å². The molecule has 1 aromatic heterocycles. The number of hydrogen-bond acceptors (Lipinski definition) is 3. The Balaban J connectivity index is 1.70. The summed E-state index contributed by atoms with van der Waals surface area (Å²) in [5.41, 5.74) is 5.28. The molecule has 4 nitrogen and oxygen atoms in total. The number of aromatic amines is 1. The minimum atomic E-state index is 0.419. The fraction of sp³-hybridized carbons (Fsp3) is 0.700. The van der Waals surface area contributed by atoms with E-state index in [0.717, 1.165) is 12.2 Å². The molecule has 2 rings (SSSR count). The minimum Gasteiger partial charge on any atom is -0.298 e. The van der Waals surface area contributed by atoms with Gasteiger partial charge < -0.3 is 0 Å². The van der Waals surface area contributed by atoms with Crippen LogP contribution in [0.1, 0.15) is 36.9 Å². The van der Waals surface area contributed by atoms with Crippen LogP contribution in [0.5, 0.6) is 0 Å². The molecule has 1 saturated carbocycles. The number of hydrogen-bond donors (Lipinski definition) is 2. The van der Waals surface area contributed by atoms with E-state index in [1.54, 1.807) is 0 Å². The monoisotopic (exact) mass is 195 g/mol. The third-order valence-corrected chi connectivity index (χ3v) is 2.75. The molecule has 1 aliphatic carbocycles. The van der Waals surface area contributed by atoms with Crippen LogP contribution < -0.4 is 5.48 Å². The van der Waals surface area contributed by atoms with Crippen LogP contribution in [0.4, 0.5) is 0 Å². The van der Waals surface area contributed by atoms with E-state index in [1.807, 2.05) is 13.1 Å². The van der Waals surface area contributed by atoms with Gasteiger partial charge in [0.15, 0.2) is 0 Å². The van der Waals surface area contributed by atoms with E-state index in [1.165, 1.54) is 31.2 Å². The lowest BCUT2D eigenvalue weighted by molar-refractivity contribution is -0.0244. The van der Waals surface area contributed by atoms with E-state index in [0.29, 0.717) is 6.10 Å². The number of aromatic nitrogens is 2. The van der Waals surface area contributed by atoms with Gasteiger partial charge in [0.25, 0.3) is 0 Å². The second-order valence-electron chi connectivity index (χ2n) is 3.87. The Morgan fingerprint density at radius 2 is 2.36 bits per heavy atom. The van der Waals surface area contributed by atoms with Gasteiger partial charge in [-0.2, -0.15) is 10.6 Å². The van der Waals surface area contributed by atoms with Gasteiger partial charge in [-0.25, -0.2) is 0 Å². The minimum absolute atomic E-state index is 0.419. The maximum Gasteiger partial charge on any atom is 0.0790 e. The van der Waals surface area contributed by atoms with E-state index in [9.17, 15) is 0 Å². The summed E-state index contributed by atoms with van der Waals surface area (Å²) in [6.45, 7) is 2.75. The highest BCUT2D eigenvalue weighted by atomic mass is 16.7. The highest BCUT2D eigenvalue weighted by Gasteiger charge is 2.15. The highest BCUT2D eigenvalue weighted by molar-refractivity contribution is 5.13. The lowest BCUT2D eigenvalue weighted by atomic mass is 10.3. The van der Waals surface area contributed by atoms with Gasteiger partial charge in [-0.3, -0.25) is 9.94 Å². The quantitative estimate of drug-likeness (QED) is 0.719. The van der Waals surface area contributed by atoms with Gasteiger partial charge in [-0.1, -0.05) is 12.8 Å². The molecule has 0 amide bonds. The fourth-order valence-electron chi connectivity index (χ4n) is 1.80. The van der Waals surface area contributed by atoms with Crippen LogP contribution in [0.25, 0.3) is 0 Å². The van der Waals surface area contributed by atoms with Crippen LogP contribution in [0, 0.1) is 6.92 Å². The number of aryl methyl sites for hydroxylation is 1. The average molecular weight is 195 g/mol. The molecule has 1 fully saturated rings. The van der Waals surface area contributed by atoms with Crippen LogP contribution in [-0.4, -0.2) is 16.3 Å². The van der Waals surface area contributed by atoms with E-state index >= 15 is 0 Å². The maximum absolute atomic E-state index is 5.54. The average Bonchev–Trinajstić information content (AvgIpc) is 2.78. The maximum atomic E-state index is 5.54. The molecule has 78 valence electrons. The summed E-state index contributed by atoms with van der Waals surface area (Å²) in [4.78, 5) is 5.54. The number of nitrogens with one attached hydrogen (secondary N) is 2. The Hall–Kier alpha value is -0.870. The molecular weight excluding hydrogens is 178 g/mol. The first-order valence-electron chi connectivity index (χ1n) is 5.23. The SMILES string of the molecule is Cc1[nH]ncc1CNOC1CCCC1. The van der Waals surface area contributed by atoms with E-state index in [4.69, 9.17) is 4.84 Å². The van der Waals surface area contributed by atoms with E-state index in [-0.39, 0.29) is 0 Å². The molecule has 2 N–H and O–H groups in total. The summed E-state index contributed by atoms with van der Waals surface area (Å²) in [5.74, 6) is 0. The standard InChI is InChI=1S/C10H17N3O/c1-8-9(6-11-13-8)7-12-14-10-4-2-3-5-10/h6,10,12H,2-5,7H2,1H3,(H,11,13). The van der Waals surface area contributed by atoms with Crippen molar-refractivity contribution in [3.63, 3.8) is 0 Å². The fourth-order valence-corrected chi connectivity index (χ4v) is 1.80. The highest BCUT2D eigenvalue weighted by Crippen LogP contribution is 2.19. The largest absolute Gasteiger partial charge is 0.298 e. The van der Waals surface area contributed by atoms with Crippen molar-refractivity contribution >= 4 is 0 Å². The molecule has 0 radical (unpaired) electrons. The van der Waals surface area contributed by atoms with Crippen LogP contribution in [0.2, 0.25) is 0 Å². The van der Waals surface area contributed by atoms with Gasteiger partial charge in [0.05, 0.1) is 12.3 Å². The second-order valence-corrected chi connectivity index (χ2v) is 3.87. The van der Waals surface area contributed by atoms with Crippen molar-refractivity contribution in [2.24, 2.45) is 0 Å². The van der Waals surface area contributed by atoms with Gasteiger partial charge in [0, 0.05) is 17.8 Å². The zero-order chi connectivity index (χ0) is 9.80. The van der Waals surface area contributed by atoms with Crippen molar-refractivity contribution in [2.45, 2.75) is 45.3 Å². The summed E-state index contributed by atoms with van der Waals surface area (Å²) in [6, 6.07) is 0. The number of nitrogens with zero attached hydrogens (tertiary/aromatic N) is 1. The van der Waals surface area contributed by atoms with Crippen molar-refractivity contribution in [1.82, 2.24) is 15.7 Å². The molecule has 0 spiro atoms. The topological polar surface area (TPSA) is 49.9 Å². The van der Waals surface area contributed by atoms with E-state index < -0.39 is 0 Å². The molecule has 1 aliphatic rings. The summed E-state index contributed by atoms with van der Waals surface area (Å²) in [7, 11) is 0. The Labute approximate surface area is 84.0 Å². The molecule has 0 atom stereocenters. The third-order valence-electron chi connectivity index (χ3n) is 2.75. The first kappa shape index (κ1) is 9.68. The van der Waals surface area contributed by atoms with Gasteiger partial charge in [0.1, 0.15) is 0 Å². The summed E-state index contributed by atoms with van der Waals surface area (Å²) in [5, 5.41) is 6.85. The van der Waals surface area contributed by atoms with Crippen molar-refractivity contribution < 1.29 is 4.84 Å². The number of H-pyrrole nitrogens is 1. The first-order chi connectivity index (χ1) is 6.86. The van der Waals surface area contributed by atoms with Crippen LogP contribution in [-0.2, 0) is 11.4 Å². The summed E-state index contributed by atoms with van der Waals surface area (Å²) >= 11 is 0. The van der Waals surface area contributed by atoms with Crippen molar-refractivity contribution in [3.8, 4) is 0 Å². The Morgan fingerprint density at radius 1 is 1.57 bits per heavy atom. The first-order valence-corrected chi connectivity index (χ1v) is 5.23. The summed E-state index contributed by atoms with van der Waals surface area (Å²) in [6.07, 6.45) is 7.24.